The minimum Gasteiger partial charge on any atom is -0.301 e. The minimum atomic E-state index is 0.214. The molecule has 4 nitrogen and oxygen atoms in total. The number of hydrogen-bond donors (Lipinski definition) is 1. The van der Waals surface area contributed by atoms with Gasteiger partial charge in [-0.1, -0.05) is 17.7 Å². The predicted octanol–water partition coefficient (Wildman–Crippen LogP) is 4.93. The molecular weight excluding hydrogens is 428 g/mol. The van der Waals surface area contributed by atoms with Gasteiger partial charge in [0.1, 0.15) is 0 Å². The Morgan fingerprint density at radius 2 is 2.11 bits per heavy atom. The Kier molecular flexibility index (Phi) is 5.86. The molecule has 1 fully saturated rings. The van der Waals surface area contributed by atoms with Gasteiger partial charge in [0.05, 0.1) is 12.3 Å². The predicted molar refractivity (Wildman–Crippen MR) is 110 cm³/mol. The van der Waals surface area contributed by atoms with Gasteiger partial charge in [0.25, 0.3) is 0 Å². The van der Waals surface area contributed by atoms with E-state index in [1.165, 1.54) is 22.4 Å². The molecular formula is C21H24BrClN2O2. The Balaban J connectivity index is 1.78. The molecule has 4 rings (SSSR count). The first-order chi connectivity index (χ1) is 13.1. The van der Waals surface area contributed by atoms with E-state index >= 15 is 0 Å². The molecule has 6 heteroatoms. The van der Waals surface area contributed by atoms with E-state index in [0.717, 1.165) is 41.7 Å². The van der Waals surface area contributed by atoms with Crippen molar-refractivity contribution in [1.82, 2.24) is 9.88 Å². The highest BCUT2D eigenvalue weighted by atomic mass is 79.9. The fourth-order valence-electron chi connectivity index (χ4n) is 4.74. The van der Waals surface area contributed by atoms with E-state index < -0.39 is 0 Å². The van der Waals surface area contributed by atoms with Crippen LogP contribution in [0.2, 0.25) is 5.02 Å². The van der Waals surface area contributed by atoms with Gasteiger partial charge in [0.2, 0.25) is 0 Å². The van der Waals surface area contributed by atoms with Crippen LogP contribution in [0.3, 0.4) is 0 Å². The van der Waals surface area contributed by atoms with Crippen LogP contribution in [-0.4, -0.2) is 41.4 Å². The van der Waals surface area contributed by atoms with Crippen LogP contribution in [0.4, 0.5) is 0 Å². The van der Waals surface area contributed by atoms with Gasteiger partial charge in [-0.05, 0) is 96.0 Å². The average Bonchev–Trinajstić information content (AvgIpc) is 2.80. The van der Waals surface area contributed by atoms with E-state index in [1.54, 1.807) is 0 Å². The number of halogens is 2. The normalized spacial score (nSPS) is 25.6. The number of fused-ring (bicyclic) bond motifs is 2. The van der Waals surface area contributed by atoms with Gasteiger partial charge in [0.15, 0.2) is 0 Å². The lowest BCUT2D eigenvalue weighted by Gasteiger charge is -2.40. The fourth-order valence-corrected chi connectivity index (χ4v) is 5.32. The second-order valence-corrected chi connectivity index (χ2v) is 9.09. The SMILES string of the molecule is CN1CC[C@H](C2c3ccc(Cl)cc3CCc3cc(Br)cnc32)CC1COO. The number of hydrogen-bond acceptors (Lipinski definition) is 4. The van der Waals surface area contributed by atoms with Gasteiger partial charge >= 0.3 is 0 Å². The molecule has 2 unspecified atom stereocenters. The van der Waals surface area contributed by atoms with E-state index in [9.17, 15) is 0 Å². The lowest BCUT2D eigenvalue weighted by atomic mass is 9.75. The largest absolute Gasteiger partial charge is 0.301 e. The molecule has 0 saturated carbocycles. The van der Waals surface area contributed by atoms with Crippen LogP contribution < -0.4 is 0 Å². The summed E-state index contributed by atoms with van der Waals surface area (Å²) in [5.74, 6) is 0.699. The molecule has 1 aromatic carbocycles. The highest BCUT2D eigenvalue weighted by Crippen LogP contribution is 2.44. The van der Waals surface area contributed by atoms with Crippen LogP contribution in [0, 0.1) is 5.92 Å². The molecule has 2 aliphatic rings. The topological polar surface area (TPSA) is 45.6 Å². The molecule has 2 heterocycles. The second kappa shape index (κ2) is 8.18. The third kappa shape index (κ3) is 3.94. The first kappa shape index (κ1) is 19.3. The van der Waals surface area contributed by atoms with Gasteiger partial charge in [-0.15, -0.1) is 0 Å². The number of nitrogens with zero attached hydrogens (tertiary/aromatic N) is 2. The number of pyridine rings is 1. The Labute approximate surface area is 173 Å². The highest BCUT2D eigenvalue weighted by molar-refractivity contribution is 9.10. The zero-order valence-corrected chi connectivity index (χ0v) is 17.7. The number of likely N-dealkylation sites (tertiary alicyclic amines) is 1. The summed E-state index contributed by atoms with van der Waals surface area (Å²) in [7, 11) is 2.10. The number of aromatic nitrogens is 1. The summed E-state index contributed by atoms with van der Waals surface area (Å²) in [5.41, 5.74) is 5.19. The summed E-state index contributed by atoms with van der Waals surface area (Å²) in [5, 5.41) is 9.79. The van der Waals surface area contributed by atoms with Gasteiger partial charge < -0.3 is 4.90 Å². The van der Waals surface area contributed by atoms with Gasteiger partial charge in [-0.3, -0.25) is 10.2 Å². The van der Waals surface area contributed by atoms with Crippen LogP contribution in [0.15, 0.2) is 34.9 Å². The molecule has 1 N–H and O–H groups in total. The second-order valence-electron chi connectivity index (χ2n) is 7.73. The lowest BCUT2D eigenvalue weighted by Crippen LogP contribution is -2.44. The number of piperidine rings is 1. The first-order valence-electron chi connectivity index (χ1n) is 9.46. The smallest absolute Gasteiger partial charge is 0.0974 e. The summed E-state index contributed by atoms with van der Waals surface area (Å²) in [6.45, 7) is 1.33. The number of rotatable bonds is 3. The van der Waals surface area contributed by atoms with Crippen molar-refractivity contribution in [3.8, 4) is 0 Å². The molecule has 1 saturated heterocycles. The molecule has 0 spiro atoms. The fraction of sp³-hybridized carbons (Fsp3) is 0.476. The minimum absolute atomic E-state index is 0.214. The number of benzene rings is 1. The standard InChI is InChI=1S/C21H24BrClN2O2/c1-25-7-6-14(10-18(25)12-27-26)20-19-5-4-17(23)9-13(19)2-3-15-8-16(22)11-24-21(15)20/h4-5,8-9,11,14,18,20,26H,2-3,6-7,10,12H2,1H3/t14-,18?,20?/m0/s1. The van der Waals surface area contributed by atoms with E-state index in [4.69, 9.17) is 21.8 Å². The molecule has 0 amide bonds. The van der Waals surface area contributed by atoms with Gasteiger partial charge in [0, 0.05) is 27.7 Å². The average molecular weight is 452 g/mol. The van der Waals surface area contributed by atoms with Crippen LogP contribution >= 0.6 is 27.5 Å². The third-order valence-corrected chi connectivity index (χ3v) is 6.82. The Morgan fingerprint density at radius 3 is 2.93 bits per heavy atom. The Hall–Kier alpha value is -0.980. The van der Waals surface area contributed by atoms with Crippen LogP contribution in [-0.2, 0) is 17.7 Å². The molecule has 1 aliphatic carbocycles. The van der Waals surface area contributed by atoms with Crippen LogP contribution in [0.1, 0.15) is 41.1 Å². The van der Waals surface area contributed by atoms with Crippen LogP contribution in [0.25, 0.3) is 0 Å². The van der Waals surface area contributed by atoms with Crippen molar-refractivity contribution in [3.05, 3.63) is 62.3 Å². The van der Waals surface area contributed by atoms with E-state index in [0.29, 0.717) is 12.5 Å². The van der Waals surface area contributed by atoms with Crippen molar-refractivity contribution in [2.75, 3.05) is 20.2 Å². The summed E-state index contributed by atoms with van der Waals surface area (Å²) in [6, 6.07) is 8.74. The number of likely N-dealkylation sites (N-methyl/N-ethyl adjacent to an activating group) is 1. The molecule has 3 atom stereocenters. The molecule has 2 aromatic rings. The molecule has 0 radical (unpaired) electrons. The summed E-state index contributed by atoms with van der Waals surface area (Å²) >= 11 is 9.89. The monoisotopic (exact) mass is 450 g/mol. The van der Waals surface area contributed by atoms with Crippen molar-refractivity contribution in [2.45, 2.75) is 37.6 Å². The zero-order valence-electron chi connectivity index (χ0n) is 15.4. The quantitative estimate of drug-likeness (QED) is 0.531. The first-order valence-corrected chi connectivity index (χ1v) is 10.6. The summed E-state index contributed by atoms with van der Waals surface area (Å²) in [6.07, 6.45) is 5.94. The highest BCUT2D eigenvalue weighted by Gasteiger charge is 2.36. The van der Waals surface area contributed by atoms with Gasteiger partial charge in [-0.2, -0.15) is 0 Å². The van der Waals surface area contributed by atoms with E-state index in [2.05, 4.69) is 51.0 Å². The van der Waals surface area contributed by atoms with Crippen molar-refractivity contribution >= 4 is 27.5 Å². The molecule has 144 valence electrons. The molecule has 1 aromatic heterocycles. The Bertz CT molecular complexity index is 778. The van der Waals surface area contributed by atoms with Crippen molar-refractivity contribution in [2.24, 2.45) is 5.92 Å². The lowest BCUT2D eigenvalue weighted by molar-refractivity contribution is -0.253. The van der Waals surface area contributed by atoms with Gasteiger partial charge in [-0.25, -0.2) is 4.89 Å². The summed E-state index contributed by atoms with van der Waals surface area (Å²) in [4.78, 5) is 11.7. The number of aryl methyl sites for hydroxylation is 2. The van der Waals surface area contributed by atoms with Crippen molar-refractivity contribution in [1.29, 1.82) is 0 Å². The zero-order chi connectivity index (χ0) is 19.0. The maximum atomic E-state index is 9.00. The Morgan fingerprint density at radius 1 is 1.30 bits per heavy atom. The van der Waals surface area contributed by atoms with Crippen molar-refractivity contribution in [3.63, 3.8) is 0 Å². The van der Waals surface area contributed by atoms with E-state index in [1.807, 2.05) is 12.3 Å². The van der Waals surface area contributed by atoms with Crippen molar-refractivity contribution < 1.29 is 10.1 Å². The maximum absolute atomic E-state index is 9.00. The van der Waals surface area contributed by atoms with E-state index in [-0.39, 0.29) is 12.0 Å². The molecule has 27 heavy (non-hydrogen) atoms. The third-order valence-electron chi connectivity index (χ3n) is 6.16. The summed E-state index contributed by atoms with van der Waals surface area (Å²) < 4.78 is 1.03. The molecule has 1 aliphatic heterocycles. The van der Waals surface area contributed by atoms with Crippen LogP contribution in [0.5, 0.6) is 0 Å². The maximum Gasteiger partial charge on any atom is 0.0974 e. The molecule has 0 bridgehead atoms.